The van der Waals surface area contributed by atoms with E-state index in [1.54, 1.807) is 0 Å². The van der Waals surface area contributed by atoms with Crippen LogP contribution in [-0.4, -0.2) is 19.6 Å². The molecule has 0 aliphatic heterocycles. The topological polar surface area (TPSA) is 53.8 Å². The zero-order valence-corrected chi connectivity index (χ0v) is 5.01. The van der Waals surface area contributed by atoms with Crippen LogP contribution in [0.4, 0.5) is 4.79 Å². The van der Waals surface area contributed by atoms with Crippen molar-refractivity contribution in [3.05, 3.63) is 0 Å². The molecule has 0 atom stereocenters. The average Bonchev–Trinajstić information content (AvgIpc) is 1.83. The van der Waals surface area contributed by atoms with Gasteiger partial charge in [0.25, 0.3) is 0 Å². The third-order valence-corrected chi connectivity index (χ3v) is 0.517. The van der Waals surface area contributed by atoms with Crippen LogP contribution < -0.4 is 5.32 Å². The first kappa shape index (κ1) is 7.07. The molecule has 0 bridgehead atoms. The van der Waals surface area contributed by atoms with Crippen LogP contribution in [0, 0.1) is 0 Å². The van der Waals surface area contributed by atoms with Gasteiger partial charge < -0.3 is 5.32 Å². The Balaban J connectivity index is 3.37. The lowest BCUT2D eigenvalue weighted by atomic mass is 10.8. The highest BCUT2D eigenvalue weighted by molar-refractivity contribution is 5.73. The molecule has 0 saturated carbocycles. The third-order valence-electron chi connectivity index (χ3n) is 0.517. The summed E-state index contributed by atoms with van der Waals surface area (Å²) in [5, 5.41) is 8.99. The summed E-state index contributed by atoms with van der Waals surface area (Å²) in [6.45, 7) is 2.36. The molecule has 46 valence electrons. The van der Waals surface area contributed by atoms with Crippen molar-refractivity contribution in [2.75, 3.05) is 13.6 Å². The van der Waals surface area contributed by atoms with E-state index in [-0.39, 0.29) is 0 Å². The monoisotopic (exact) mass is 115 g/mol. The van der Waals surface area contributed by atoms with E-state index in [0.717, 1.165) is 0 Å². The van der Waals surface area contributed by atoms with E-state index in [1.807, 2.05) is 6.92 Å². The molecule has 0 saturated heterocycles. The van der Waals surface area contributed by atoms with Gasteiger partial charge in [0, 0.05) is 7.05 Å². The SMILES string of the molecule is CCN=NC(=O)NC. The lowest BCUT2D eigenvalue weighted by molar-refractivity contribution is 0.249. The first-order chi connectivity index (χ1) is 3.81. The molecule has 8 heavy (non-hydrogen) atoms. The Bertz CT molecular complexity index is 99.5. The van der Waals surface area contributed by atoms with Crippen molar-refractivity contribution >= 4 is 6.03 Å². The maximum Gasteiger partial charge on any atom is 0.358 e. The van der Waals surface area contributed by atoms with Crippen molar-refractivity contribution < 1.29 is 4.79 Å². The number of carbonyl (C=O) groups excluding carboxylic acids is 1. The fraction of sp³-hybridized carbons (Fsp3) is 0.750. The zero-order chi connectivity index (χ0) is 6.41. The smallest absolute Gasteiger partial charge is 0.338 e. The van der Waals surface area contributed by atoms with Crippen molar-refractivity contribution in [3.63, 3.8) is 0 Å². The van der Waals surface area contributed by atoms with E-state index in [2.05, 4.69) is 15.5 Å². The van der Waals surface area contributed by atoms with Crippen LogP contribution in [0.5, 0.6) is 0 Å². The van der Waals surface area contributed by atoms with Crippen LogP contribution in [0.25, 0.3) is 0 Å². The Hall–Kier alpha value is -0.930. The van der Waals surface area contributed by atoms with E-state index in [9.17, 15) is 4.79 Å². The Morgan fingerprint density at radius 2 is 2.38 bits per heavy atom. The summed E-state index contributed by atoms with van der Waals surface area (Å²) in [6, 6.07) is -0.396. The molecular formula is C4H9N3O. The normalized spacial score (nSPS) is 9.75. The Morgan fingerprint density at radius 3 is 2.75 bits per heavy atom. The van der Waals surface area contributed by atoms with Gasteiger partial charge in [-0.3, -0.25) is 0 Å². The predicted molar refractivity (Wildman–Crippen MR) is 29.9 cm³/mol. The van der Waals surface area contributed by atoms with Gasteiger partial charge in [0.15, 0.2) is 0 Å². The Kier molecular flexibility index (Phi) is 3.74. The summed E-state index contributed by atoms with van der Waals surface area (Å²) in [7, 11) is 1.51. The second-order valence-electron chi connectivity index (χ2n) is 1.11. The van der Waals surface area contributed by atoms with Crippen molar-refractivity contribution in [1.29, 1.82) is 0 Å². The van der Waals surface area contributed by atoms with Crippen LogP contribution in [0.2, 0.25) is 0 Å². The van der Waals surface area contributed by atoms with Gasteiger partial charge >= 0.3 is 6.03 Å². The summed E-state index contributed by atoms with van der Waals surface area (Å²) in [6.07, 6.45) is 0. The van der Waals surface area contributed by atoms with Gasteiger partial charge in [-0.15, -0.1) is 0 Å². The molecule has 0 fully saturated rings. The van der Waals surface area contributed by atoms with E-state index < -0.39 is 6.03 Å². The zero-order valence-electron chi connectivity index (χ0n) is 5.01. The van der Waals surface area contributed by atoms with Gasteiger partial charge in [-0.1, -0.05) is 5.11 Å². The van der Waals surface area contributed by atoms with E-state index in [1.165, 1.54) is 7.05 Å². The van der Waals surface area contributed by atoms with Crippen molar-refractivity contribution in [1.82, 2.24) is 5.32 Å². The van der Waals surface area contributed by atoms with Crippen molar-refractivity contribution in [2.45, 2.75) is 6.92 Å². The van der Waals surface area contributed by atoms with Crippen LogP contribution in [0.3, 0.4) is 0 Å². The number of nitrogens with zero attached hydrogens (tertiary/aromatic N) is 2. The number of azo groups is 1. The van der Waals surface area contributed by atoms with Gasteiger partial charge in [-0.2, -0.15) is 5.11 Å². The molecule has 0 unspecified atom stereocenters. The number of urea groups is 1. The molecule has 0 aromatic rings. The molecule has 0 aromatic heterocycles. The highest BCUT2D eigenvalue weighted by atomic mass is 16.2. The summed E-state index contributed by atoms with van der Waals surface area (Å²) < 4.78 is 0. The van der Waals surface area contributed by atoms with Gasteiger partial charge in [-0.05, 0) is 6.92 Å². The minimum atomic E-state index is -0.396. The molecule has 0 aliphatic carbocycles. The quantitative estimate of drug-likeness (QED) is 0.505. The number of hydrogen-bond acceptors (Lipinski definition) is 2. The van der Waals surface area contributed by atoms with E-state index >= 15 is 0 Å². The molecule has 4 heteroatoms. The first-order valence-corrected chi connectivity index (χ1v) is 2.40. The fourth-order valence-corrected chi connectivity index (χ4v) is 0.185. The summed E-state index contributed by atoms with van der Waals surface area (Å²) >= 11 is 0. The molecule has 0 heterocycles. The molecular weight excluding hydrogens is 106 g/mol. The summed E-state index contributed by atoms with van der Waals surface area (Å²) in [4.78, 5) is 10.2. The number of hydrogen-bond donors (Lipinski definition) is 1. The van der Waals surface area contributed by atoms with Crippen LogP contribution >= 0.6 is 0 Å². The van der Waals surface area contributed by atoms with Gasteiger partial charge in [0.1, 0.15) is 0 Å². The van der Waals surface area contributed by atoms with Crippen LogP contribution in [-0.2, 0) is 0 Å². The van der Waals surface area contributed by atoms with E-state index in [0.29, 0.717) is 6.54 Å². The average molecular weight is 115 g/mol. The first-order valence-electron chi connectivity index (χ1n) is 2.40. The third kappa shape index (κ3) is 3.27. The van der Waals surface area contributed by atoms with Gasteiger partial charge in [-0.25, -0.2) is 4.79 Å². The maximum atomic E-state index is 10.2. The molecule has 2 amide bonds. The largest absolute Gasteiger partial charge is 0.358 e. The molecule has 1 N–H and O–H groups in total. The number of carbonyl (C=O) groups is 1. The molecule has 0 aliphatic rings. The molecule has 0 spiro atoms. The van der Waals surface area contributed by atoms with Gasteiger partial charge in [0.2, 0.25) is 0 Å². The highest BCUT2D eigenvalue weighted by Gasteiger charge is 1.85. The van der Waals surface area contributed by atoms with Crippen LogP contribution in [0.15, 0.2) is 10.2 Å². The maximum absolute atomic E-state index is 10.2. The minimum absolute atomic E-state index is 0.396. The Labute approximate surface area is 48.0 Å². The molecule has 0 radical (unpaired) electrons. The standard InChI is InChI=1S/C4H9N3O/c1-3-6-7-4(8)5-2/h3H2,1-2H3,(H,5,8). The minimum Gasteiger partial charge on any atom is -0.338 e. The highest BCUT2D eigenvalue weighted by Crippen LogP contribution is 1.74. The summed E-state index contributed by atoms with van der Waals surface area (Å²) in [5.41, 5.74) is 0. The number of nitrogens with one attached hydrogen (secondary N) is 1. The summed E-state index contributed by atoms with van der Waals surface area (Å²) in [5.74, 6) is 0. The number of rotatable bonds is 1. The lowest BCUT2D eigenvalue weighted by Gasteiger charge is -1.84. The molecule has 4 nitrogen and oxygen atoms in total. The Morgan fingerprint density at radius 1 is 1.75 bits per heavy atom. The predicted octanol–water partition coefficient (Wildman–Crippen LogP) is 0.798. The van der Waals surface area contributed by atoms with Crippen molar-refractivity contribution in [3.8, 4) is 0 Å². The van der Waals surface area contributed by atoms with Gasteiger partial charge in [0.05, 0.1) is 6.54 Å². The second kappa shape index (κ2) is 4.23. The second-order valence-corrected chi connectivity index (χ2v) is 1.11. The number of amides is 2. The van der Waals surface area contributed by atoms with Crippen molar-refractivity contribution in [2.24, 2.45) is 10.2 Å². The molecule has 0 rings (SSSR count). The molecule has 0 aromatic carbocycles. The fourth-order valence-electron chi connectivity index (χ4n) is 0.185. The van der Waals surface area contributed by atoms with Crippen LogP contribution in [0.1, 0.15) is 6.92 Å². The lowest BCUT2D eigenvalue weighted by Crippen LogP contribution is -2.11. The van der Waals surface area contributed by atoms with E-state index in [4.69, 9.17) is 0 Å².